The van der Waals surface area contributed by atoms with Crippen molar-refractivity contribution in [3.05, 3.63) is 0 Å². The van der Waals surface area contributed by atoms with Crippen molar-refractivity contribution in [1.82, 2.24) is 16.1 Å². The van der Waals surface area contributed by atoms with E-state index >= 15 is 0 Å². The van der Waals surface area contributed by atoms with E-state index in [1.54, 1.807) is 0 Å². The maximum atomic E-state index is 12.1. The zero-order valence-electron chi connectivity index (χ0n) is 9.34. The smallest absolute Gasteiger partial charge is 0.268 e. The number of carbonyl (C=O) groups is 2. The molecule has 2 atom stereocenters. The molecule has 0 radical (unpaired) electrons. The number of amides is 2. The summed E-state index contributed by atoms with van der Waals surface area (Å²) in [5.74, 6) is -0.379. The van der Waals surface area contributed by atoms with E-state index in [1.807, 2.05) is 6.92 Å². The van der Waals surface area contributed by atoms with E-state index in [-0.39, 0.29) is 18.4 Å². The van der Waals surface area contributed by atoms with E-state index in [4.69, 9.17) is 4.84 Å². The highest BCUT2D eigenvalue weighted by atomic mass is 16.7. The summed E-state index contributed by atoms with van der Waals surface area (Å²) in [5, 5.41) is 5.95. The van der Waals surface area contributed by atoms with Crippen molar-refractivity contribution in [2.75, 3.05) is 13.2 Å². The van der Waals surface area contributed by atoms with Gasteiger partial charge in [-0.2, -0.15) is 0 Å². The third kappa shape index (κ3) is 1.90. The van der Waals surface area contributed by atoms with Crippen molar-refractivity contribution < 1.29 is 14.4 Å². The average molecular weight is 227 g/mol. The van der Waals surface area contributed by atoms with Crippen LogP contribution in [0.5, 0.6) is 0 Å². The van der Waals surface area contributed by atoms with E-state index < -0.39 is 11.6 Å². The van der Waals surface area contributed by atoms with Gasteiger partial charge in [-0.15, -0.1) is 0 Å². The lowest BCUT2D eigenvalue weighted by Crippen LogP contribution is -2.57. The Kier molecular flexibility index (Phi) is 3.11. The van der Waals surface area contributed by atoms with Crippen LogP contribution in [0.1, 0.15) is 26.2 Å². The minimum Gasteiger partial charge on any atom is -0.341 e. The first kappa shape index (κ1) is 11.3. The van der Waals surface area contributed by atoms with Gasteiger partial charge in [0.25, 0.3) is 5.91 Å². The molecule has 3 N–H and O–H groups in total. The Labute approximate surface area is 94.1 Å². The fraction of sp³-hybridized carbons (Fsp3) is 0.800. The molecule has 2 saturated heterocycles. The molecule has 2 amide bonds. The van der Waals surface area contributed by atoms with Gasteiger partial charge < -0.3 is 10.6 Å². The first-order valence-corrected chi connectivity index (χ1v) is 5.65. The van der Waals surface area contributed by atoms with Crippen LogP contribution < -0.4 is 16.1 Å². The number of hydroxylamine groups is 1. The van der Waals surface area contributed by atoms with Gasteiger partial charge in [-0.3, -0.25) is 14.4 Å². The van der Waals surface area contributed by atoms with Crippen LogP contribution in [0.4, 0.5) is 0 Å². The zero-order chi connectivity index (χ0) is 11.6. The van der Waals surface area contributed by atoms with Crippen molar-refractivity contribution in [2.45, 2.75) is 37.8 Å². The van der Waals surface area contributed by atoms with Crippen LogP contribution in [0.3, 0.4) is 0 Å². The molecule has 0 aromatic heterocycles. The Morgan fingerprint density at radius 1 is 1.69 bits per heavy atom. The molecule has 1 unspecified atom stereocenters. The van der Waals surface area contributed by atoms with Crippen molar-refractivity contribution in [3.63, 3.8) is 0 Å². The van der Waals surface area contributed by atoms with Gasteiger partial charge in [0.05, 0.1) is 5.54 Å². The fourth-order valence-corrected chi connectivity index (χ4v) is 2.21. The molecule has 2 rings (SSSR count). The number of hydrogen-bond donors (Lipinski definition) is 3. The van der Waals surface area contributed by atoms with Gasteiger partial charge in [-0.1, -0.05) is 6.92 Å². The maximum Gasteiger partial charge on any atom is 0.268 e. The molecule has 2 fully saturated rings. The van der Waals surface area contributed by atoms with Gasteiger partial charge in [0.15, 0.2) is 0 Å². The largest absolute Gasteiger partial charge is 0.341 e. The summed E-state index contributed by atoms with van der Waals surface area (Å²) < 4.78 is 0. The quantitative estimate of drug-likeness (QED) is 0.581. The molecular formula is C10H17N3O3. The van der Waals surface area contributed by atoms with Crippen molar-refractivity contribution >= 4 is 11.8 Å². The van der Waals surface area contributed by atoms with Crippen LogP contribution in [0.25, 0.3) is 0 Å². The Morgan fingerprint density at radius 2 is 2.50 bits per heavy atom. The van der Waals surface area contributed by atoms with Crippen LogP contribution >= 0.6 is 0 Å². The Hall–Kier alpha value is -1.14. The molecule has 0 spiro atoms. The lowest BCUT2D eigenvalue weighted by molar-refractivity contribution is -0.131. The predicted octanol–water partition coefficient (Wildman–Crippen LogP) is -0.935. The Morgan fingerprint density at radius 3 is 3.00 bits per heavy atom. The van der Waals surface area contributed by atoms with Crippen molar-refractivity contribution in [1.29, 1.82) is 0 Å². The van der Waals surface area contributed by atoms with Gasteiger partial charge in [-0.05, 0) is 25.8 Å². The molecular weight excluding hydrogens is 210 g/mol. The van der Waals surface area contributed by atoms with Gasteiger partial charge in [-0.25, -0.2) is 5.48 Å². The lowest BCUT2D eigenvalue weighted by atomic mass is 9.93. The summed E-state index contributed by atoms with van der Waals surface area (Å²) in [4.78, 5) is 28.1. The summed E-state index contributed by atoms with van der Waals surface area (Å²) in [5.41, 5.74) is 1.72. The first-order chi connectivity index (χ1) is 7.68. The Balaban J connectivity index is 1.98. The van der Waals surface area contributed by atoms with E-state index in [2.05, 4.69) is 16.1 Å². The second-order valence-electron chi connectivity index (χ2n) is 4.27. The third-order valence-electron chi connectivity index (χ3n) is 3.33. The topological polar surface area (TPSA) is 79.5 Å². The molecule has 2 aliphatic rings. The minimum absolute atomic E-state index is 0.0989. The van der Waals surface area contributed by atoms with Gasteiger partial charge >= 0.3 is 0 Å². The van der Waals surface area contributed by atoms with E-state index in [0.717, 1.165) is 25.8 Å². The maximum absolute atomic E-state index is 12.1. The molecule has 90 valence electrons. The second-order valence-corrected chi connectivity index (χ2v) is 4.27. The predicted molar refractivity (Wildman–Crippen MR) is 56.3 cm³/mol. The van der Waals surface area contributed by atoms with Gasteiger partial charge in [0.1, 0.15) is 12.6 Å². The molecule has 0 saturated carbocycles. The van der Waals surface area contributed by atoms with Gasteiger partial charge in [0.2, 0.25) is 5.91 Å². The van der Waals surface area contributed by atoms with Gasteiger partial charge in [0, 0.05) is 0 Å². The average Bonchev–Trinajstić information content (AvgIpc) is 2.89. The highest BCUT2D eigenvalue weighted by Crippen LogP contribution is 2.23. The molecule has 6 nitrogen and oxygen atoms in total. The second kappa shape index (κ2) is 4.39. The lowest BCUT2D eigenvalue weighted by Gasteiger charge is -2.27. The third-order valence-corrected chi connectivity index (χ3v) is 3.33. The Bertz CT molecular complexity index is 300. The van der Waals surface area contributed by atoms with Crippen LogP contribution in [0.2, 0.25) is 0 Å². The minimum atomic E-state index is -0.557. The standard InChI is InChI=1S/C10H17N3O3/c1-2-10(4-3-5-11-10)9(15)12-7-6-16-13-8(7)14/h7,11H,2-6H2,1H3,(H,12,15)(H,13,14)/t7-,10?/m1/s1. The van der Waals surface area contributed by atoms with Crippen molar-refractivity contribution in [3.8, 4) is 0 Å². The summed E-state index contributed by atoms with van der Waals surface area (Å²) >= 11 is 0. The summed E-state index contributed by atoms with van der Waals surface area (Å²) in [6, 6.07) is -0.557. The molecule has 16 heavy (non-hydrogen) atoms. The molecule has 2 aliphatic heterocycles. The molecule has 0 bridgehead atoms. The van der Waals surface area contributed by atoms with E-state index in [0.29, 0.717) is 0 Å². The molecule has 0 aromatic carbocycles. The van der Waals surface area contributed by atoms with E-state index in [9.17, 15) is 9.59 Å². The highest BCUT2D eigenvalue weighted by molar-refractivity contribution is 5.92. The number of nitrogens with one attached hydrogen (secondary N) is 3. The summed E-state index contributed by atoms with van der Waals surface area (Å²) in [6.45, 7) is 3.03. The van der Waals surface area contributed by atoms with Crippen LogP contribution in [-0.4, -0.2) is 36.5 Å². The number of hydrogen-bond acceptors (Lipinski definition) is 4. The summed E-state index contributed by atoms with van der Waals surface area (Å²) in [6.07, 6.45) is 2.55. The molecule has 6 heteroatoms. The van der Waals surface area contributed by atoms with Crippen LogP contribution in [0, 0.1) is 0 Å². The normalized spacial score (nSPS) is 33.8. The summed E-state index contributed by atoms with van der Waals surface area (Å²) in [7, 11) is 0. The van der Waals surface area contributed by atoms with Crippen LogP contribution in [0.15, 0.2) is 0 Å². The van der Waals surface area contributed by atoms with Crippen molar-refractivity contribution in [2.24, 2.45) is 0 Å². The number of rotatable bonds is 3. The van der Waals surface area contributed by atoms with Crippen LogP contribution in [-0.2, 0) is 14.4 Å². The monoisotopic (exact) mass is 227 g/mol. The molecule has 2 heterocycles. The molecule has 0 aliphatic carbocycles. The van der Waals surface area contributed by atoms with E-state index in [1.165, 1.54) is 0 Å². The first-order valence-electron chi connectivity index (χ1n) is 5.65. The molecule has 0 aromatic rings. The highest BCUT2D eigenvalue weighted by Gasteiger charge is 2.41. The zero-order valence-corrected chi connectivity index (χ0v) is 9.34. The fourth-order valence-electron chi connectivity index (χ4n) is 2.21. The number of carbonyl (C=O) groups excluding carboxylic acids is 2. The SMILES string of the molecule is CCC1(C(=O)N[C@@H]2CONC2=O)CCCN1.